The highest BCUT2D eigenvalue weighted by atomic mass is 35.5. The average molecular weight is 488 g/mol. The maximum Gasteiger partial charge on any atom is 0.310 e. The van der Waals surface area contributed by atoms with Crippen molar-refractivity contribution in [1.82, 2.24) is 9.97 Å². The number of carbonyl (C=O) groups is 3. The zero-order valence-electron chi connectivity index (χ0n) is 18.9. The molecule has 1 aromatic carbocycles. The number of aryl methyl sites for hydroxylation is 1. The Balaban J connectivity index is 1.61. The number of hydrogen-bond acceptors (Lipinski definition) is 7. The van der Waals surface area contributed by atoms with E-state index in [0.717, 1.165) is 12.0 Å². The summed E-state index contributed by atoms with van der Waals surface area (Å²) in [5, 5.41) is 5.84. The fraction of sp³-hybridized carbons (Fsp3) is 0.435. The Labute approximate surface area is 201 Å². The van der Waals surface area contributed by atoms with Gasteiger partial charge < -0.3 is 20.3 Å². The lowest BCUT2D eigenvalue weighted by atomic mass is 9.92. The smallest absolute Gasteiger partial charge is 0.310 e. The molecule has 34 heavy (non-hydrogen) atoms. The summed E-state index contributed by atoms with van der Waals surface area (Å²) in [7, 11) is 0. The molecule has 4 rings (SSSR count). The van der Waals surface area contributed by atoms with E-state index in [-0.39, 0.29) is 35.6 Å². The van der Waals surface area contributed by atoms with Crippen molar-refractivity contribution in [2.24, 2.45) is 5.92 Å². The Bertz CT molecular complexity index is 1200. The number of anilines is 3. The number of nitrogens with one attached hydrogen (secondary N) is 3. The minimum Gasteiger partial charge on any atom is -0.466 e. The van der Waals surface area contributed by atoms with Gasteiger partial charge in [0.1, 0.15) is 5.82 Å². The number of amides is 2. The molecule has 2 unspecified atom stereocenters. The number of benzene rings is 1. The zero-order valence-corrected chi connectivity index (χ0v) is 19.7. The predicted octanol–water partition coefficient (Wildman–Crippen LogP) is 2.58. The molecule has 0 bridgehead atoms. The molecule has 0 spiro atoms. The van der Waals surface area contributed by atoms with Gasteiger partial charge >= 0.3 is 5.97 Å². The number of nitrogens with zero attached hydrogens (tertiary/aromatic N) is 2. The van der Waals surface area contributed by atoms with Gasteiger partial charge in [-0.1, -0.05) is 17.7 Å². The van der Waals surface area contributed by atoms with Crippen molar-refractivity contribution >= 4 is 46.8 Å². The number of halogens is 1. The quantitative estimate of drug-likeness (QED) is 0.552. The molecule has 10 nitrogen and oxygen atoms in total. The summed E-state index contributed by atoms with van der Waals surface area (Å²) in [6, 6.07) is 5.09. The molecule has 180 valence electrons. The predicted molar refractivity (Wildman–Crippen MR) is 127 cm³/mol. The molecule has 2 aromatic rings. The zero-order chi connectivity index (χ0) is 24.4. The van der Waals surface area contributed by atoms with Crippen molar-refractivity contribution in [3.05, 3.63) is 44.7 Å². The van der Waals surface area contributed by atoms with Crippen LogP contribution in [0.4, 0.5) is 17.5 Å². The molecule has 11 heteroatoms. The summed E-state index contributed by atoms with van der Waals surface area (Å²) >= 11 is 6.04. The van der Waals surface area contributed by atoms with E-state index in [0.29, 0.717) is 36.8 Å². The van der Waals surface area contributed by atoms with Gasteiger partial charge in [-0.05, 0) is 44.4 Å². The minimum atomic E-state index is -1.01. The van der Waals surface area contributed by atoms with Crippen LogP contribution in [0.15, 0.2) is 23.0 Å². The Morgan fingerprint density at radius 2 is 2.12 bits per heavy atom. The van der Waals surface area contributed by atoms with Gasteiger partial charge in [0.25, 0.3) is 5.56 Å². The number of esters is 1. The maximum atomic E-state index is 13.1. The fourth-order valence-electron chi connectivity index (χ4n) is 4.30. The molecule has 2 aliphatic rings. The average Bonchev–Trinajstić information content (AvgIpc) is 2.80. The monoisotopic (exact) mass is 487 g/mol. The van der Waals surface area contributed by atoms with Crippen LogP contribution in [-0.2, 0) is 19.1 Å². The fourth-order valence-corrected chi connectivity index (χ4v) is 4.48. The van der Waals surface area contributed by atoms with Crippen LogP contribution in [0.25, 0.3) is 0 Å². The number of hydrogen-bond donors (Lipinski definition) is 3. The second-order valence-corrected chi connectivity index (χ2v) is 8.88. The lowest BCUT2D eigenvalue weighted by Gasteiger charge is -2.32. The van der Waals surface area contributed by atoms with E-state index in [1.165, 1.54) is 0 Å². The van der Waals surface area contributed by atoms with E-state index in [9.17, 15) is 19.2 Å². The second-order valence-electron chi connectivity index (χ2n) is 8.44. The summed E-state index contributed by atoms with van der Waals surface area (Å²) in [4.78, 5) is 59.7. The van der Waals surface area contributed by atoms with Crippen molar-refractivity contribution in [3.63, 3.8) is 0 Å². The summed E-state index contributed by atoms with van der Waals surface area (Å²) in [6.07, 6.45) is 1.23. The number of aromatic amines is 1. The first-order valence-corrected chi connectivity index (χ1v) is 11.6. The van der Waals surface area contributed by atoms with Crippen molar-refractivity contribution in [1.29, 1.82) is 0 Å². The normalized spacial score (nSPS) is 19.7. The van der Waals surface area contributed by atoms with E-state index in [1.54, 1.807) is 30.0 Å². The second kappa shape index (κ2) is 9.84. The van der Waals surface area contributed by atoms with Gasteiger partial charge in [-0.3, -0.25) is 24.2 Å². The molecule has 0 radical (unpaired) electrons. The molecule has 3 heterocycles. The third-order valence-corrected chi connectivity index (χ3v) is 6.29. The highest BCUT2D eigenvalue weighted by molar-refractivity contribution is 6.31. The van der Waals surface area contributed by atoms with Gasteiger partial charge in [0.05, 0.1) is 24.0 Å². The molecule has 2 atom stereocenters. The van der Waals surface area contributed by atoms with Crippen molar-refractivity contribution in [2.75, 3.05) is 35.2 Å². The van der Waals surface area contributed by atoms with Gasteiger partial charge in [-0.15, -0.1) is 0 Å². The number of fused-ring (bicyclic) bond motifs is 1. The molecule has 3 N–H and O–H groups in total. The van der Waals surface area contributed by atoms with Crippen LogP contribution < -0.4 is 21.1 Å². The molecule has 1 aromatic heterocycles. The number of piperidine rings is 1. The van der Waals surface area contributed by atoms with Crippen LogP contribution in [0.1, 0.15) is 43.2 Å². The number of ether oxygens (including phenoxy) is 1. The number of aromatic nitrogens is 2. The van der Waals surface area contributed by atoms with Crippen LogP contribution in [0.5, 0.6) is 0 Å². The largest absolute Gasteiger partial charge is 0.466 e. The first-order chi connectivity index (χ1) is 16.3. The highest BCUT2D eigenvalue weighted by Crippen LogP contribution is 2.32. The number of H-pyrrole nitrogens is 1. The Kier molecular flexibility index (Phi) is 6.87. The lowest BCUT2D eigenvalue weighted by molar-refractivity contribution is -0.148. The maximum absolute atomic E-state index is 13.1. The van der Waals surface area contributed by atoms with E-state index in [1.807, 2.05) is 6.92 Å². The minimum absolute atomic E-state index is 0.0521. The van der Waals surface area contributed by atoms with Crippen molar-refractivity contribution in [3.8, 4) is 0 Å². The molecule has 2 aliphatic heterocycles. The van der Waals surface area contributed by atoms with Crippen LogP contribution in [-0.4, -0.2) is 47.4 Å². The molecule has 1 fully saturated rings. The lowest BCUT2D eigenvalue weighted by Crippen LogP contribution is -2.42. The van der Waals surface area contributed by atoms with Gasteiger partial charge in [-0.2, -0.15) is 4.98 Å². The molecule has 2 amide bonds. The summed E-state index contributed by atoms with van der Waals surface area (Å²) in [6.45, 7) is 4.80. The van der Waals surface area contributed by atoms with E-state index in [2.05, 4.69) is 20.6 Å². The first kappa shape index (κ1) is 23.7. The van der Waals surface area contributed by atoms with Crippen molar-refractivity contribution in [2.45, 2.75) is 39.0 Å². The van der Waals surface area contributed by atoms with Gasteiger partial charge in [0.2, 0.25) is 17.8 Å². The molecular formula is C23H26ClN5O5. The van der Waals surface area contributed by atoms with E-state index < -0.39 is 23.3 Å². The van der Waals surface area contributed by atoms with Gasteiger partial charge in [0, 0.05) is 30.2 Å². The van der Waals surface area contributed by atoms with E-state index in [4.69, 9.17) is 16.3 Å². The topological polar surface area (TPSA) is 133 Å². The summed E-state index contributed by atoms with van der Waals surface area (Å²) in [5.74, 6) is -2.25. The Morgan fingerprint density at radius 3 is 2.88 bits per heavy atom. The van der Waals surface area contributed by atoms with Crippen molar-refractivity contribution < 1.29 is 19.1 Å². The van der Waals surface area contributed by atoms with Crippen LogP contribution in [0.3, 0.4) is 0 Å². The third kappa shape index (κ3) is 4.91. The molecule has 0 aliphatic carbocycles. The van der Waals surface area contributed by atoms with E-state index >= 15 is 0 Å². The third-order valence-electron chi connectivity index (χ3n) is 6.05. The van der Waals surface area contributed by atoms with Crippen LogP contribution >= 0.6 is 11.6 Å². The Morgan fingerprint density at radius 1 is 1.32 bits per heavy atom. The molecule has 1 saturated heterocycles. The standard InChI is InChI=1S/C23H26ClN5O5/c1-3-34-22(33)13-5-4-8-29(11-13)23-27-19-18(21(32)28-23)15(10-17(30)26-19)20(31)25-16-9-14(24)7-6-12(16)2/h6-7,9,13,15H,3-5,8,10-11H2,1-2H3,(H,25,31)(H2,26,27,28,30,32). The Hall–Kier alpha value is -3.40. The summed E-state index contributed by atoms with van der Waals surface area (Å²) in [5.41, 5.74) is 0.881. The molecular weight excluding hydrogens is 462 g/mol. The van der Waals surface area contributed by atoms with Gasteiger partial charge in [-0.25, -0.2) is 0 Å². The SMILES string of the molecule is CCOC(=O)C1CCCN(c2nc3c(c(=O)[nH]2)C(C(=O)Nc2cc(Cl)ccc2C)CC(=O)N3)C1. The highest BCUT2D eigenvalue weighted by Gasteiger charge is 2.36. The number of carbonyl (C=O) groups excluding carboxylic acids is 3. The van der Waals surface area contributed by atoms with Crippen LogP contribution in [0.2, 0.25) is 5.02 Å². The van der Waals surface area contributed by atoms with Gasteiger partial charge in [0.15, 0.2) is 0 Å². The van der Waals surface area contributed by atoms with Crippen LogP contribution in [0, 0.1) is 12.8 Å². The number of rotatable bonds is 5. The first-order valence-electron chi connectivity index (χ1n) is 11.2. The molecule has 0 saturated carbocycles. The summed E-state index contributed by atoms with van der Waals surface area (Å²) < 4.78 is 5.13.